The third-order valence-electron chi connectivity index (χ3n) is 4.83. The highest BCUT2D eigenvalue weighted by molar-refractivity contribution is 9.10. The van der Waals surface area contributed by atoms with Crippen LogP contribution in [0, 0.1) is 0 Å². The van der Waals surface area contributed by atoms with Crippen molar-refractivity contribution in [3.8, 4) is 0 Å². The lowest BCUT2D eigenvalue weighted by molar-refractivity contribution is -0.118. The number of amides is 1. The monoisotopic (exact) mass is 418 g/mol. The molecule has 4 heteroatoms. The second kappa shape index (κ2) is 7.49. The Morgan fingerprint density at radius 1 is 0.963 bits per heavy atom. The molecule has 0 N–H and O–H groups in total. The predicted molar refractivity (Wildman–Crippen MR) is 113 cm³/mol. The maximum atomic E-state index is 12.9. The fourth-order valence-electron chi connectivity index (χ4n) is 3.39. The molecule has 0 bridgehead atoms. The maximum absolute atomic E-state index is 12.9. The van der Waals surface area contributed by atoms with Crippen LogP contribution in [0.1, 0.15) is 29.2 Å². The van der Waals surface area contributed by atoms with Crippen LogP contribution >= 0.6 is 15.9 Å². The van der Waals surface area contributed by atoms with E-state index < -0.39 is 0 Å². The van der Waals surface area contributed by atoms with Gasteiger partial charge in [-0.15, -0.1) is 0 Å². The highest BCUT2D eigenvalue weighted by atomic mass is 79.9. The van der Waals surface area contributed by atoms with E-state index in [9.17, 15) is 4.79 Å². The number of carbonyl (C=O) groups is 1. The molecule has 0 fully saturated rings. The third-order valence-corrected chi connectivity index (χ3v) is 5.33. The molecule has 0 aromatic heterocycles. The first-order valence-corrected chi connectivity index (χ1v) is 9.67. The average Bonchev–Trinajstić information content (AvgIpc) is 2.71. The minimum absolute atomic E-state index is 0.0586. The number of benzene rings is 3. The third kappa shape index (κ3) is 3.58. The Hall–Kier alpha value is -2.72. The summed E-state index contributed by atoms with van der Waals surface area (Å²) in [6, 6.07) is 25.9. The molecule has 1 atom stereocenters. The van der Waals surface area contributed by atoms with Crippen molar-refractivity contribution in [2.75, 3.05) is 11.9 Å². The first kappa shape index (κ1) is 17.7. The van der Waals surface area contributed by atoms with Crippen molar-refractivity contribution in [2.45, 2.75) is 12.5 Å². The zero-order valence-corrected chi connectivity index (χ0v) is 16.6. The predicted octanol–water partition coefficient (Wildman–Crippen LogP) is 5.39. The number of nitrogens with zero attached hydrogens (tertiary/aromatic N) is 2. The Balaban J connectivity index is 1.97. The second-order valence-electron chi connectivity index (χ2n) is 6.59. The highest BCUT2D eigenvalue weighted by Gasteiger charge is 2.26. The molecule has 0 spiro atoms. The van der Waals surface area contributed by atoms with E-state index in [2.05, 4.69) is 28.1 Å². The normalized spacial score (nSPS) is 17.0. The van der Waals surface area contributed by atoms with E-state index in [1.165, 1.54) is 0 Å². The molecule has 1 heterocycles. The Kier molecular flexibility index (Phi) is 4.90. The largest absolute Gasteiger partial charge is 0.315 e. The van der Waals surface area contributed by atoms with Gasteiger partial charge in [0.15, 0.2) is 0 Å². The summed E-state index contributed by atoms with van der Waals surface area (Å²) in [5.41, 5.74) is 4.82. The minimum Gasteiger partial charge on any atom is -0.315 e. The summed E-state index contributed by atoms with van der Waals surface area (Å²) < 4.78 is 0.961. The van der Waals surface area contributed by atoms with Gasteiger partial charge >= 0.3 is 0 Å². The molecule has 0 saturated heterocycles. The van der Waals surface area contributed by atoms with Gasteiger partial charge in [-0.3, -0.25) is 9.79 Å². The molecule has 134 valence electrons. The van der Waals surface area contributed by atoms with Gasteiger partial charge in [0.2, 0.25) is 5.91 Å². The summed E-state index contributed by atoms with van der Waals surface area (Å²) in [6.07, 6.45) is 0.340. The Labute approximate surface area is 167 Å². The van der Waals surface area contributed by atoms with Gasteiger partial charge in [-0.05, 0) is 23.8 Å². The van der Waals surface area contributed by atoms with Crippen LogP contribution in [0.2, 0.25) is 0 Å². The number of fused-ring (bicyclic) bond motifs is 1. The van der Waals surface area contributed by atoms with Crippen molar-refractivity contribution in [1.82, 2.24) is 0 Å². The lowest BCUT2D eigenvalue weighted by Crippen LogP contribution is -2.31. The lowest BCUT2D eigenvalue weighted by atomic mass is 9.96. The summed E-state index contributed by atoms with van der Waals surface area (Å²) >= 11 is 3.57. The average molecular weight is 419 g/mol. The van der Waals surface area contributed by atoms with Gasteiger partial charge < -0.3 is 4.90 Å². The molecule has 1 amide bonds. The Morgan fingerprint density at radius 3 is 2.33 bits per heavy atom. The minimum atomic E-state index is -0.219. The molecule has 1 aliphatic heterocycles. The summed E-state index contributed by atoms with van der Waals surface area (Å²) in [6.45, 7) is 0. The zero-order chi connectivity index (χ0) is 18.8. The quantitative estimate of drug-likeness (QED) is 0.548. The van der Waals surface area contributed by atoms with Crippen molar-refractivity contribution in [3.05, 3.63) is 100 Å². The summed E-state index contributed by atoms with van der Waals surface area (Å²) in [5.74, 6) is 0.0586. The van der Waals surface area contributed by atoms with Crippen molar-refractivity contribution in [3.63, 3.8) is 0 Å². The van der Waals surface area contributed by atoms with E-state index in [-0.39, 0.29) is 11.9 Å². The van der Waals surface area contributed by atoms with Gasteiger partial charge in [0.05, 0.1) is 23.9 Å². The SMILES string of the molecule is CN1C(=O)CC(c2ccccc2)N=C(c2ccccc2)c2cc(Br)ccc21. The van der Waals surface area contributed by atoms with Crippen LogP contribution in [-0.4, -0.2) is 18.7 Å². The molecule has 3 nitrogen and oxygen atoms in total. The van der Waals surface area contributed by atoms with Crippen molar-refractivity contribution >= 4 is 33.2 Å². The van der Waals surface area contributed by atoms with Crippen LogP contribution < -0.4 is 4.90 Å². The Morgan fingerprint density at radius 2 is 1.63 bits per heavy atom. The van der Waals surface area contributed by atoms with Gasteiger partial charge in [0.1, 0.15) is 0 Å². The zero-order valence-electron chi connectivity index (χ0n) is 15.0. The standard InChI is InChI=1S/C23H19BrN2O/c1-26-21-13-12-18(24)14-19(21)23(17-10-6-3-7-11-17)25-20(15-22(26)27)16-8-4-2-5-9-16/h2-14,20H,15H2,1H3. The van der Waals surface area contributed by atoms with Crippen molar-refractivity contribution in [1.29, 1.82) is 0 Å². The van der Waals surface area contributed by atoms with E-state index >= 15 is 0 Å². The van der Waals surface area contributed by atoms with E-state index in [0.29, 0.717) is 6.42 Å². The van der Waals surface area contributed by atoms with E-state index in [4.69, 9.17) is 4.99 Å². The van der Waals surface area contributed by atoms with Crippen LogP contribution in [-0.2, 0) is 4.79 Å². The molecule has 27 heavy (non-hydrogen) atoms. The van der Waals surface area contributed by atoms with Gasteiger partial charge in [0.25, 0.3) is 0 Å². The summed E-state index contributed by atoms with van der Waals surface area (Å²) in [5, 5.41) is 0. The topological polar surface area (TPSA) is 32.7 Å². The molecular weight excluding hydrogens is 400 g/mol. The fourth-order valence-corrected chi connectivity index (χ4v) is 3.75. The Bertz CT molecular complexity index is 999. The van der Waals surface area contributed by atoms with E-state index in [0.717, 1.165) is 32.6 Å². The van der Waals surface area contributed by atoms with Crippen LogP contribution in [0.15, 0.2) is 88.3 Å². The van der Waals surface area contributed by atoms with E-state index in [1.807, 2.05) is 73.8 Å². The van der Waals surface area contributed by atoms with Crippen molar-refractivity contribution in [2.24, 2.45) is 4.99 Å². The number of aliphatic imine (C=N–C) groups is 1. The molecule has 0 saturated carbocycles. The molecule has 4 rings (SSSR count). The smallest absolute Gasteiger partial charge is 0.229 e. The molecule has 3 aromatic carbocycles. The maximum Gasteiger partial charge on any atom is 0.229 e. The molecule has 0 radical (unpaired) electrons. The number of halogens is 1. The van der Waals surface area contributed by atoms with Crippen LogP contribution in [0.4, 0.5) is 5.69 Å². The first-order valence-electron chi connectivity index (χ1n) is 8.88. The molecular formula is C23H19BrN2O. The second-order valence-corrected chi connectivity index (χ2v) is 7.50. The molecule has 1 unspecified atom stereocenters. The van der Waals surface area contributed by atoms with Crippen LogP contribution in [0.5, 0.6) is 0 Å². The fraction of sp³-hybridized carbons (Fsp3) is 0.130. The number of anilines is 1. The van der Waals surface area contributed by atoms with Crippen LogP contribution in [0.3, 0.4) is 0 Å². The van der Waals surface area contributed by atoms with Gasteiger partial charge in [0, 0.05) is 22.6 Å². The molecule has 3 aromatic rings. The summed E-state index contributed by atoms with van der Waals surface area (Å²) in [4.78, 5) is 19.7. The van der Waals surface area contributed by atoms with Gasteiger partial charge in [-0.1, -0.05) is 76.6 Å². The number of hydrogen-bond acceptors (Lipinski definition) is 2. The van der Waals surface area contributed by atoms with Gasteiger partial charge in [-0.25, -0.2) is 0 Å². The number of rotatable bonds is 2. The molecule has 1 aliphatic rings. The number of hydrogen-bond donors (Lipinski definition) is 0. The number of carbonyl (C=O) groups excluding carboxylic acids is 1. The van der Waals surface area contributed by atoms with Gasteiger partial charge in [-0.2, -0.15) is 0 Å². The first-order chi connectivity index (χ1) is 13.1. The van der Waals surface area contributed by atoms with E-state index in [1.54, 1.807) is 4.90 Å². The highest BCUT2D eigenvalue weighted by Crippen LogP contribution is 2.33. The van der Waals surface area contributed by atoms with Crippen molar-refractivity contribution < 1.29 is 4.79 Å². The lowest BCUT2D eigenvalue weighted by Gasteiger charge is -2.27. The summed E-state index contributed by atoms with van der Waals surface area (Å²) in [7, 11) is 1.84. The molecule has 0 aliphatic carbocycles. The van der Waals surface area contributed by atoms with Crippen LogP contribution in [0.25, 0.3) is 0 Å².